The van der Waals surface area contributed by atoms with Crippen LogP contribution in [0.1, 0.15) is 24.1 Å². The van der Waals surface area contributed by atoms with Crippen molar-refractivity contribution in [2.24, 2.45) is 5.73 Å². The average Bonchev–Trinajstić information content (AvgIpc) is 2.38. The Bertz CT molecular complexity index is 479. The van der Waals surface area contributed by atoms with Gasteiger partial charge in [-0.3, -0.25) is 9.59 Å². The molecule has 20 heavy (non-hydrogen) atoms. The first kappa shape index (κ1) is 16.5. The van der Waals surface area contributed by atoms with Crippen molar-refractivity contribution in [1.29, 1.82) is 0 Å². The van der Waals surface area contributed by atoms with E-state index in [0.717, 1.165) is 11.1 Å². The Morgan fingerprint density at radius 3 is 2.65 bits per heavy atom. The number of nitrogens with two attached hydrogens (primary N) is 1. The number of carbonyl (C=O) groups excluding carboxylic acids is 1. The van der Waals surface area contributed by atoms with Crippen molar-refractivity contribution in [3.8, 4) is 0 Å². The summed E-state index contributed by atoms with van der Waals surface area (Å²) in [5.41, 5.74) is 7.57. The lowest BCUT2D eigenvalue weighted by atomic mass is 10.0. The average molecular weight is 296 g/mol. The highest BCUT2D eigenvalue weighted by atomic mass is 32.2. The predicted octanol–water partition coefficient (Wildman–Crippen LogP) is 1.32. The highest BCUT2D eigenvalue weighted by molar-refractivity contribution is 8.00. The van der Waals surface area contributed by atoms with Gasteiger partial charge in [0.1, 0.15) is 6.04 Å². The molecule has 0 aromatic heterocycles. The fourth-order valence-corrected chi connectivity index (χ4v) is 2.57. The number of aliphatic carboxylic acids is 1. The lowest BCUT2D eigenvalue weighted by Gasteiger charge is -2.16. The summed E-state index contributed by atoms with van der Waals surface area (Å²) < 4.78 is 0. The van der Waals surface area contributed by atoms with Gasteiger partial charge in [-0.05, 0) is 25.0 Å². The molecule has 0 saturated heterocycles. The molecule has 1 rings (SSSR count). The Labute approximate surface area is 122 Å². The number of carboxylic acids is 1. The number of hydrogen-bond donors (Lipinski definition) is 3. The van der Waals surface area contributed by atoms with Crippen molar-refractivity contribution in [3.05, 3.63) is 35.4 Å². The van der Waals surface area contributed by atoms with Crippen LogP contribution in [0.15, 0.2) is 24.3 Å². The van der Waals surface area contributed by atoms with Crippen LogP contribution in [0.2, 0.25) is 0 Å². The van der Waals surface area contributed by atoms with Crippen LogP contribution in [0.4, 0.5) is 0 Å². The number of rotatable bonds is 7. The molecule has 1 aromatic carbocycles. The third-order valence-electron chi connectivity index (χ3n) is 2.88. The molecule has 0 spiro atoms. The van der Waals surface area contributed by atoms with Crippen LogP contribution in [0, 0.1) is 6.92 Å². The first-order valence-corrected chi connectivity index (χ1v) is 7.48. The highest BCUT2D eigenvalue weighted by Crippen LogP contribution is 2.16. The number of carbonyl (C=O) groups is 2. The predicted molar refractivity (Wildman–Crippen MR) is 80.7 cm³/mol. The van der Waals surface area contributed by atoms with E-state index in [9.17, 15) is 9.59 Å². The number of hydrogen-bond acceptors (Lipinski definition) is 4. The Balaban J connectivity index is 2.39. The fraction of sp³-hybridized carbons (Fsp3) is 0.429. The minimum Gasteiger partial charge on any atom is -0.480 e. The maximum atomic E-state index is 11.8. The molecule has 4 N–H and O–H groups in total. The van der Waals surface area contributed by atoms with Gasteiger partial charge in [-0.2, -0.15) is 0 Å². The summed E-state index contributed by atoms with van der Waals surface area (Å²) in [6, 6.07) is 6.87. The topological polar surface area (TPSA) is 92.4 Å². The zero-order valence-corrected chi connectivity index (χ0v) is 12.4. The van der Waals surface area contributed by atoms with E-state index >= 15 is 0 Å². The summed E-state index contributed by atoms with van der Waals surface area (Å²) in [6.45, 7) is 3.92. The smallest absolute Gasteiger partial charge is 0.321 e. The molecule has 1 unspecified atom stereocenters. The largest absolute Gasteiger partial charge is 0.480 e. The van der Waals surface area contributed by atoms with Crippen molar-refractivity contribution >= 4 is 23.6 Å². The van der Waals surface area contributed by atoms with E-state index in [4.69, 9.17) is 10.8 Å². The number of carboxylic acid groups (broad SMARTS) is 1. The van der Waals surface area contributed by atoms with Crippen molar-refractivity contribution in [3.63, 3.8) is 0 Å². The SMILES string of the molecule is Cc1ccccc1C(C)NC(=O)CSC[C@@H](N)C(=O)O. The molecule has 0 radical (unpaired) electrons. The van der Waals surface area contributed by atoms with Crippen LogP contribution < -0.4 is 11.1 Å². The molecule has 6 heteroatoms. The summed E-state index contributed by atoms with van der Waals surface area (Å²) in [4.78, 5) is 22.3. The van der Waals surface area contributed by atoms with Gasteiger partial charge in [-0.1, -0.05) is 24.3 Å². The minimum atomic E-state index is -1.05. The molecule has 5 nitrogen and oxygen atoms in total. The Morgan fingerprint density at radius 1 is 1.40 bits per heavy atom. The number of amides is 1. The highest BCUT2D eigenvalue weighted by Gasteiger charge is 2.14. The third kappa shape index (κ3) is 5.22. The molecular weight excluding hydrogens is 276 g/mol. The molecule has 0 heterocycles. The van der Waals surface area contributed by atoms with Gasteiger partial charge in [0.15, 0.2) is 0 Å². The van der Waals surface area contributed by atoms with Crippen LogP contribution in [-0.4, -0.2) is 34.5 Å². The van der Waals surface area contributed by atoms with Crippen LogP contribution in [-0.2, 0) is 9.59 Å². The van der Waals surface area contributed by atoms with Crippen molar-refractivity contribution in [2.75, 3.05) is 11.5 Å². The van der Waals surface area contributed by atoms with Gasteiger partial charge >= 0.3 is 5.97 Å². The molecule has 0 fully saturated rings. The van der Waals surface area contributed by atoms with Crippen LogP contribution in [0.5, 0.6) is 0 Å². The molecule has 0 aliphatic heterocycles. The molecule has 110 valence electrons. The van der Waals surface area contributed by atoms with E-state index in [0.29, 0.717) is 0 Å². The van der Waals surface area contributed by atoms with E-state index < -0.39 is 12.0 Å². The summed E-state index contributed by atoms with van der Waals surface area (Å²) in [5.74, 6) is -0.742. The normalized spacial score (nSPS) is 13.6. The zero-order valence-electron chi connectivity index (χ0n) is 11.6. The van der Waals surface area contributed by atoms with Crippen LogP contribution in [0.25, 0.3) is 0 Å². The molecule has 0 aliphatic carbocycles. The first-order valence-electron chi connectivity index (χ1n) is 6.33. The fourth-order valence-electron chi connectivity index (χ4n) is 1.78. The summed E-state index contributed by atoms with van der Waals surface area (Å²) in [5, 5.41) is 11.5. The minimum absolute atomic E-state index is 0.0718. The first-order chi connectivity index (χ1) is 9.41. The molecule has 1 aromatic rings. The molecule has 0 saturated carbocycles. The summed E-state index contributed by atoms with van der Waals surface area (Å²) in [6.07, 6.45) is 0. The Hall–Kier alpha value is -1.53. The maximum absolute atomic E-state index is 11.8. The maximum Gasteiger partial charge on any atom is 0.321 e. The van der Waals surface area contributed by atoms with Crippen LogP contribution in [0.3, 0.4) is 0 Å². The lowest BCUT2D eigenvalue weighted by molar-refractivity contribution is -0.138. The number of aryl methyl sites for hydroxylation is 1. The van der Waals surface area contributed by atoms with Gasteiger partial charge in [0.2, 0.25) is 5.91 Å². The van der Waals surface area contributed by atoms with Crippen molar-refractivity contribution < 1.29 is 14.7 Å². The van der Waals surface area contributed by atoms with Gasteiger partial charge in [0.05, 0.1) is 11.8 Å². The zero-order chi connectivity index (χ0) is 15.1. The summed E-state index contributed by atoms with van der Waals surface area (Å²) >= 11 is 1.22. The van der Waals surface area contributed by atoms with Gasteiger partial charge in [0, 0.05) is 5.75 Å². The molecular formula is C14H20N2O3S. The monoisotopic (exact) mass is 296 g/mol. The molecule has 0 bridgehead atoms. The van der Waals surface area contributed by atoms with Crippen LogP contribution >= 0.6 is 11.8 Å². The van der Waals surface area contributed by atoms with Gasteiger partial charge in [0.25, 0.3) is 0 Å². The number of thioether (sulfide) groups is 1. The Kier molecular flexibility index (Phi) is 6.54. The van der Waals surface area contributed by atoms with E-state index in [-0.39, 0.29) is 23.5 Å². The molecule has 2 atom stereocenters. The number of benzene rings is 1. The van der Waals surface area contributed by atoms with E-state index in [2.05, 4.69) is 5.32 Å². The lowest BCUT2D eigenvalue weighted by Crippen LogP contribution is -2.34. The second-order valence-corrected chi connectivity index (χ2v) is 5.64. The van der Waals surface area contributed by atoms with Crippen molar-refractivity contribution in [1.82, 2.24) is 5.32 Å². The van der Waals surface area contributed by atoms with Gasteiger partial charge in [-0.15, -0.1) is 11.8 Å². The second-order valence-electron chi connectivity index (χ2n) is 4.61. The van der Waals surface area contributed by atoms with Gasteiger partial charge in [-0.25, -0.2) is 0 Å². The van der Waals surface area contributed by atoms with E-state index in [1.807, 2.05) is 38.1 Å². The van der Waals surface area contributed by atoms with Crippen molar-refractivity contribution in [2.45, 2.75) is 25.9 Å². The van der Waals surface area contributed by atoms with Gasteiger partial charge < -0.3 is 16.2 Å². The standard InChI is InChI=1S/C14H20N2O3S/c1-9-5-3-4-6-11(9)10(2)16-13(17)8-20-7-12(15)14(18)19/h3-6,10,12H,7-8,15H2,1-2H3,(H,16,17)(H,18,19)/t10?,12-/m1/s1. The second kappa shape index (κ2) is 7.91. The third-order valence-corrected chi connectivity index (χ3v) is 3.94. The quantitative estimate of drug-likeness (QED) is 0.705. The summed E-state index contributed by atoms with van der Waals surface area (Å²) in [7, 11) is 0. The molecule has 1 amide bonds. The van der Waals surface area contributed by atoms with E-state index in [1.165, 1.54) is 11.8 Å². The Morgan fingerprint density at radius 2 is 2.05 bits per heavy atom. The molecule has 0 aliphatic rings. The van der Waals surface area contributed by atoms with E-state index in [1.54, 1.807) is 0 Å². The number of nitrogens with one attached hydrogen (secondary N) is 1.